The Morgan fingerprint density at radius 1 is 1.37 bits per heavy atom. The van der Waals surface area contributed by atoms with Crippen LogP contribution in [0.2, 0.25) is 5.15 Å². The maximum absolute atomic E-state index is 6.11. The SMILES string of the molecule is Cc1c(Cl)nc2ncnn2c1OC1CCN(C)CC1. The summed E-state index contributed by atoms with van der Waals surface area (Å²) in [4.78, 5) is 10.5. The predicted molar refractivity (Wildman–Crippen MR) is 71.7 cm³/mol. The number of piperidine rings is 1. The van der Waals surface area contributed by atoms with Crippen LogP contribution in [-0.2, 0) is 0 Å². The van der Waals surface area contributed by atoms with Crippen LogP contribution in [0.5, 0.6) is 5.88 Å². The standard InChI is InChI=1S/C12H16ClN5O/c1-8-10(13)16-12-14-7-15-18(12)11(8)19-9-3-5-17(2)6-4-9/h7,9H,3-6H2,1-2H3. The molecular weight excluding hydrogens is 266 g/mol. The van der Waals surface area contributed by atoms with Crippen LogP contribution in [0.3, 0.4) is 0 Å². The minimum Gasteiger partial charge on any atom is -0.474 e. The molecule has 0 atom stereocenters. The molecule has 0 unspecified atom stereocenters. The monoisotopic (exact) mass is 281 g/mol. The molecule has 2 aromatic rings. The van der Waals surface area contributed by atoms with Crippen LogP contribution in [0.1, 0.15) is 18.4 Å². The van der Waals surface area contributed by atoms with Crippen molar-refractivity contribution in [1.29, 1.82) is 0 Å². The number of fused-ring (bicyclic) bond motifs is 1. The largest absolute Gasteiger partial charge is 0.474 e. The zero-order valence-corrected chi connectivity index (χ0v) is 11.8. The van der Waals surface area contributed by atoms with Gasteiger partial charge in [0.25, 0.3) is 5.78 Å². The van der Waals surface area contributed by atoms with Crippen molar-refractivity contribution in [3.8, 4) is 5.88 Å². The Morgan fingerprint density at radius 3 is 2.84 bits per heavy atom. The van der Waals surface area contributed by atoms with Gasteiger partial charge in [-0.15, -0.1) is 0 Å². The van der Waals surface area contributed by atoms with Gasteiger partial charge in [0, 0.05) is 18.7 Å². The van der Waals surface area contributed by atoms with Gasteiger partial charge < -0.3 is 9.64 Å². The molecular formula is C12H16ClN5O. The number of hydrogen-bond acceptors (Lipinski definition) is 5. The smallest absolute Gasteiger partial charge is 0.256 e. The Labute approximate surface area is 116 Å². The molecule has 1 fully saturated rings. The number of aromatic nitrogens is 4. The van der Waals surface area contributed by atoms with Crippen LogP contribution in [0.4, 0.5) is 0 Å². The molecule has 0 bridgehead atoms. The van der Waals surface area contributed by atoms with Crippen LogP contribution in [0.15, 0.2) is 6.33 Å². The number of likely N-dealkylation sites (tertiary alicyclic amines) is 1. The topological polar surface area (TPSA) is 55.6 Å². The Hall–Kier alpha value is -1.40. The zero-order valence-electron chi connectivity index (χ0n) is 11.0. The highest BCUT2D eigenvalue weighted by molar-refractivity contribution is 6.30. The second-order valence-electron chi connectivity index (χ2n) is 4.93. The van der Waals surface area contributed by atoms with E-state index in [0.717, 1.165) is 31.5 Å². The summed E-state index contributed by atoms with van der Waals surface area (Å²) < 4.78 is 7.71. The van der Waals surface area contributed by atoms with Gasteiger partial charge in [0.1, 0.15) is 17.6 Å². The van der Waals surface area contributed by atoms with Crippen molar-refractivity contribution in [2.24, 2.45) is 0 Å². The van der Waals surface area contributed by atoms with E-state index in [-0.39, 0.29) is 6.10 Å². The van der Waals surface area contributed by atoms with Crippen molar-refractivity contribution >= 4 is 17.4 Å². The molecule has 0 amide bonds. The molecule has 7 heteroatoms. The molecule has 6 nitrogen and oxygen atoms in total. The maximum Gasteiger partial charge on any atom is 0.256 e. The average molecular weight is 282 g/mol. The van der Waals surface area contributed by atoms with E-state index in [9.17, 15) is 0 Å². The van der Waals surface area contributed by atoms with E-state index in [1.165, 1.54) is 6.33 Å². The molecule has 0 radical (unpaired) electrons. The first-order valence-corrected chi connectivity index (χ1v) is 6.74. The molecule has 1 saturated heterocycles. The summed E-state index contributed by atoms with van der Waals surface area (Å²) in [6.45, 7) is 3.98. The van der Waals surface area contributed by atoms with Gasteiger partial charge in [0.15, 0.2) is 0 Å². The Bertz CT molecular complexity index is 591. The normalized spacial score (nSPS) is 18.1. The molecule has 0 N–H and O–H groups in total. The second-order valence-corrected chi connectivity index (χ2v) is 5.28. The first-order chi connectivity index (χ1) is 9.15. The molecule has 0 saturated carbocycles. The molecule has 3 heterocycles. The molecule has 2 aromatic heterocycles. The molecule has 0 spiro atoms. The quantitative estimate of drug-likeness (QED) is 0.782. The number of ether oxygens (including phenoxy) is 1. The molecule has 19 heavy (non-hydrogen) atoms. The van der Waals surface area contributed by atoms with E-state index >= 15 is 0 Å². The number of halogens is 1. The second kappa shape index (κ2) is 4.94. The van der Waals surface area contributed by atoms with Crippen molar-refractivity contribution in [2.45, 2.75) is 25.9 Å². The maximum atomic E-state index is 6.11. The van der Waals surface area contributed by atoms with E-state index < -0.39 is 0 Å². The average Bonchev–Trinajstić information content (AvgIpc) is 2.85. The lowest BCUT2D eigenvalue weighted by molar-refractivity contribution is 0.107. The highest BCUT2D eigenvalue weighted by atomic mass is 35.5. The lowest BCUT2D eigenvalue weighted by Gasteiger charge is -2.29. The van der Waals surface area contributed by atoms with Crippen molar-refractivity contribution < 1.29 is 4.74 Å². The predicted octanol–water partition coefficient (Wildman–Crippen LogP) is 1.56. The summed E-state index contributed by atoms with van der Waals surface area (Å²) in [6.07, 6.45) is 3.67. The number of hydrogen-bond donors (Lipinski definition) is 0. The molecule has 1 aliphatic rings. The molecule has 102 valence electrons. The lowest BCUT2D eigenvalue weighted by Crippen LogP contribution is -2.36. The van der Waals surface area contributed by atoms with Crippen molar-refractivity contribution in [2.75, 3.05) is 20.1 Å². The van der Waals surface area contributed by atoms with Crippen LogP contribution < -0.4 is 4.74 Å². The van der Waals surface area contributed by atoms with E-state index in [1.54, 1.807) is 4.52 Å². The summed E-state index contributed by atoms with van der Waals surface area (Å²) in [5.41, 5.74) is 0.804. The van der Waals surface area contributed by atoms with Crippen molar-refractivity contribution in [3.05, 3.63) is 17.0 Å². The van der Waals surface area contributed by atoms with Crippen LogP contribution in [0, 0.1) is 6.92 Å². The highest BCUT2D eigenvalue weighted by Crippen LogP contribution is 2.26. The lowest BCUT2D eigenvalue weighted by atomic mass is 10.1. The molecule has 1 aliphatic heterocycles. The first kappa shape index (κ1) is 12.6. The van der Waals surface area contributed by atoms with Gasteiger partial charge >= 0.3 is 0 Å². The van der Waals surface area contributed by atoms with Gasteiger partial charge in [0.2, 0.25) is 5.88 Å². The summed E-state index contributed by atoms with van der Waals surface area (Å²) in [6, 6.07) is 0. The number of rotatable bonds is 2. The minimum atomic E-state index is 0.195. The fourth-order valence-electron chi connectivity index (χ4n) is 2.27. The van der Waals surface area contributed by atoms with Crippen molar-refractivity contribution in [1.82, 2.24) is 24.5 Å². The van der Waals surface area contributed by atoms with Gasteiger partial charge in [-0.25, -0.2) is 0 Å². The Kier molecular flexibility index (Phi) is 3.28. The van der Waals surface area contributed by atoms with Crippen LogP contribution >= 0.6 is 11.6 Å². The fraction of sp³-hybridized carbons (Fsp3) is 0.583. The van der Waals surface area contributed by atoms with Crippen molar-refractivity contribution in [3.63, 3.8) is 0 Å². The van der Waals surface area contributed by atoms with Gasteiger partial charge in [-0.3, -0.25) is 0 Å². The first-order valence-electron chi connectivity index (χ1n) is 6.36. The van der Waals surface area contributed by atoms with E-state index in [4.69, 9.17) is 16.3 Å². The van der Waals surface area contributed by atoms with E-state index in [2.05, 4.69) is 27.0 Å². The summed E-state index contributed by atoms with van der Waals surface area (Å²) >= 11 is 6.11. The van der Waals surface area contributed by atoms with Gasteiger partial charge in [-0.1, -0.05) is 11.6 Å². The van der Waals surface area contributed by atoms with E-state index in [0.29, 0.717) is 16.8 Å². The summed E-state index contributed by atoms with van der Waals surface area (Å²) in [5, 5.41) is 4.57. The molecule has 0 aliphatic carbocycles. The molecule has 0 aromatic carbocycles. The van der Waals surface area contributed by atoms with Crippen LogP contribution in [-0.4, -0.2) is 50.7 Å². The minimum absolute atomic E-state index is 0.195. The third kappa shape index (κ3) is 2.37. The summed E-state index contributed by atoms with van der Waals surface area (Å²) in [5.74, 6) is 1.13. The Balaban J connectivity index is 1.91. The van der Waals surface area contributed by atoms with Gasteiger partial charge in [-0.2, -0.15) is 19.6 Å². The number of nitrogens with zero attached hydrogens (tertiary/aromatic N) is 5. The zero-order chi connectivity index (χ0) is 13.4. The molecule has 3 rings (SSSR count). The van der Waals surface area contributed by atoms with E-state index in [1.807, 2.05) is 6.92 Å². The Morgan fingerprint density at radius 2 is 2.11 bits per heavy atom. The summed E-state index contributed by atoms with van der Waals surface area (Å²) in [7, 11) is 2.13. The third-order valence-electron chi connectivity index (χ3n) is 3.49. The van der Waals surface area contributed by atoms with Gasteiger partial charge in [0.05, 0.1) is 0 Å². The highest BCUT2D eigenvalue weighted by Gasteiger charge is 2.21. The van der Waals surface area contributed by atoms with Crippen LogP contribution in [0.25, 0.3) is 5.78 Å². The third-order valence-corrected chi connectivity index (χ3v) is 3.86. The fourth-order valence-corrected chi connectivity index (χ4v) is 2.43. The van der Waals surface area contributed by atoms with Gasteiger partial charge in [-0.05, 0) is 26.8 Å².